The van der Waals surface area contributed by atoms with Crippen LogP contribution in [0.2, 0.25) is 0 Å². The van der Waals surface area contributed by atoms with Crippen molar-refractivity contribution in [2.24, 2.45) is 28.8 Å². The predicted molar refractivity (Wildman–Crippen MR) is 81.8 cm³/mol. The predicted octanol–water partition coefficient (Wildman–Crippen LogP) is 1.54. The molecule has 1 aliphatic heterocycles. The maximum atomic E-state index is 12.5. The molecule has 4 rings (SSSR count). The lowest BCUT2D eigenvalue weighted by Crippen LogP contribution is -2.28. The third-order valence-electron chi connectivity index (χ3n) is 4.99. The summed E-state index contributed by atoms with van der Waals surface area (Å²) in [7, 11) is 1.52. The van der Waals surface area contributed by atoms with Crippen molar-refractivity contribution < 1.29 is 19.4 Å². The van der Waals surface area contributed by atoms with Crippen molar-refractivity contribution in [3.8, 4) is 11.5 Å². The summed E-state index contributed by atoms with van der Waals surface area (Å²) in [5.41, 5.74) is 0.392. The van der Waals surface area contributed by atoms with Crippen LogP contribution >= 0.6 is 0 Å². The Morgan fingerprint density at radius 3 is 2.48 bits per heavy atom. The number of phenols is 1. The zero-order valence-corrected chi connectivity index (χ0v) is 12.5. The number of nitrogens with zero attached hydrogens (tertiary/aromatic N) is 2. The van der Waals surface area contributed by atoms with E-state index in [1.165, 1.54) is 19.4 Å². The first kappa shape index (κ1) is 14.0. The van der Waals surface area contributed by atoms with E-state index >= 15 is 0 Å². The molecule has 118 valence electrons. The Labute approximate surface area is 133 Å². The number of aromatic hydroxyl groups is 1. The lowest BCUT2D eigenvalue weighted by atomic mass is 9.85. The first-order valence-corrected chi connectivity index (χ1v) is 7.57. The number of methoxy groups -OCH3 is 1. The van der Waals surface area contributed by atoms with Crippen LogP contribution in [0.25, 0.3) is 0 Å². The molecule has 0 aromatic heterocycles. The number of imide groups is 1. The number of hydrogen-bond acceptors (Lipinski definition) is 5. The van der Waals surface area contributed by atoms with Crippen LogP contribution in [0.3, 0.4) is 0 Å². The second-order valence-electron chi connectivity index (χ2n) is 6.16. The number of amides is 2. The van der Waals surface area contributed by atoms with Crippen LogP contribution < -0.4 is 4.74 Å². The zero-order chi connectivity index (χ0) is 16.1. The van der Waals surface area contributed by atoms with Gasteiger partial charge in [-0.05, 0) is 36.5 Å². The van der Waals surface area contributed by atoms with Gasteiger partial charge in [0.1, 0.15) is 11.5 Å². The molecule has 1 saturated carbocycles. The van der Waals surface area contributed by atoms with Gasteiger partial charge in [-0.2, -0.15) is 10.1 Å². The standard InChI is InChI=1S/C17H16N2O4/c1-23-12-4-5-13(20)11(7-12)8-18-19-16(21)14-9-2-3-10(6-9)15(14)17(19)22/h2-5,7-10,14-15,20H,6H2,1H3/b18-8-/t9-,10-,14-,15+/m0/s1. The molecule has 2 aliphatic carbocycles. The molecule has 1 saturated heterocycles. The molecular formula is C17H16N2O4. The number of allylic oxidation sites excluding steroid dienone is 2. The van der Waals surface area contributed by atoms with Crippen LogP contribution in [0, 0.1) is 23.7 Å². The van der Waals surface area contributed by atoms with E-state index in [9.17, 15) is 14.7 Å². The fourth-order valence-corrected chi connectivity index (χ4v) is 3.88. The van der Waals surface area contributed by atoms with Crippen LogP contribution in [0.1, 0.15) is 12.0 Å². The van der Waals surface area contributed by atoms with Gasteiger partial charge >= 0.3 is 0 Å². The smallest absolute Gasteiger partial charge is 0.254 e. The Bertz CT molecular complexity index is 725. The summed E-state index contributed by atoms with van der Waals surface area (Å²) in [4.78, 5) is 25.0. The summed E-state index contributed by atoms with van der Waals surface area (Å²) >= 11 is 0. The Morgan fingerprint density at radius 1 is 1.22 bits per heavy atom. The fourth-order valence-electron chi connectivity index (χ4n) is 3.88. The number of carbonyl (C=O) groups is 2. The molecule has 4 atom stereocenters. The van der Waals surface area contributed by atoms with Crippen molar-refractivity contribution in [3.63, 3.8) is 0 Å². The normalized spacial score (nSPS) is 31.4. The molecule has 1 aromatic rings. The van der Waals surface area contributed by atoms with Crippen molar-refractivity contribution in [1.82, 2.24) is 5.01 Å². The zero-order valence-electron chi connectivity index (χ0n) is 12.5. The van der Waals surface area contributed by atoms with Gasteiger partial charge in [0.2, 0.25) is 0 Å². The van der Waals surface area contributed by atoms with Crippen LogP contribution in [-0.4, -0.2) is 35.3 Å². The van der Waals surface area contributed by atoms with E-state index in [0.29, 0.717) is 11.3 Å². The number of benzene rings is 1. The quantitative estimate of drug-likeness (QED) is 0.522. The molecule has 2 fully saturated rings. The Hall–Kier alpha value is -2.63. The molecule has 23 heavy (non-hydrogen) atoms. The third-order valence-corrected chi connectivity index (χ3v) is 4.99. The Balaban J connectivity index is 1.60. The minimum atomic E-state index is -0.270. The van der Waals surface area contributed by atoms with Crippen molar-refractivity contribution in [2.45, 2.75) is 6.42 Å². The minimum Gasteiger partial charge on any atom is -0.507 e. The molecule has 1 heterocycles. The van der Waals surface area contributed by atoms with Gasteiger partial charge in [0.05, 0.1) is 25.2 Å². The summed E-state index contributed by atoms with van der Waals surface area (Å²) in [6.07, 6.45) is 6.29. The van der Waals surface area contributed by atoms with E-state index < -0.39 is 0 Å². The molecule has 0 unspecified atom stereocenters. The number of phenolic OH excluding ortho intramolecular Hbond substituents is 1. The van der Waals surface area contributed by atoms with E-state index in [-0.39, 0.29) is 41.2 Å². The van der Waals surface area contributed by atoms with Gasteiger partial charge in [-0.15, -0.1) is 0 Å². The lowest BCUT2D eigenvalue weighted by Gasteiger charge is -2.13. The summed E-state index contributed by atoms with van der Waals surface area (Å²) in [6, 6.07) is 4.69. The fraction of sp³-hybridized carbons (Fsp3) is 0.353. The summed E-state index contributed by atoms with van der Waals surface area (Å²) in [5.74, 6) is -0.134. The van der Waals surface area contributed by atoms with Crippen LogP contribution in [0.15, 0.2) is 35.5 Å². The van der Waals surface area contributed by atoms with Crippen molar-refractivity contribution >= 4 is 18.0 Å². The van der Waals surface area contributed by atoms with E-state index in [0.717, 1.165) is 11.4 Å². The number of ether oxygens (including phenoxy) is 1. The average molecular weight is 312 g/mol. The molecule has 0 spiro atoms. The van der Waals surface area contributed by atoms with Crippen LogP contribution in [0.4, 0.5) is 0 Å². The monoisotopic (exact) mass is 312 g/mol. The first-order valence-electron chi connectivity index (χ1n) is 7.57. The van der Waals surface area contributed by atoms with Gasteiger partial charge in [-0.3, -0.25) is 9.59 Å². The molecule has 6 heteroatoms. The molecule has 6 nitrogen and oxygen atoms in total. The molecular weight excluding hydrogens is 296 g/mol. The van der Waals surface area contributed by atoms with Gasteiger partial charge in [0.25, 0.3) is 11.8 Å². The summed E-state index contributed by atoms with van der Waals surface area (Å²) < 4.78 is 5.09. The van der Waals surface area contributed by atoms with E-state index in [1.807, 2.05) is 12.2 Å². The molecule has 0 radical (unpaired) electrons. The van der Waals surface area contributed by atoms with Gasteiger partial charge in [0, 0.05) is 5.56 Å². The Kier molecular flexibility index (Phi) is 3.01. The third kappa shape index (κ3) is 1.98. The second-order valence-corrected chi connectivity index (χ2v) is 6.16. The number of carbonyl (C=O) groups excluding carboxylic acids is 2. The van der Waals surface area contributed by atoms with Crippen LogP contribution in [0.5, 0.6) is 11.5 Å². The largest absolute Gasteiger partial charge is 0.507 e. The molecule has 1 aromatic carbocycles. The average Bonchev–Trinajstić information content (AvgIpc) is 3.22. The molecule has 2 bridgehead atoms. The minimum absolute atomic E-state index is 0.00979. The van der Waals surface area contributed by atoms with Crippen molar-refractivity contribution in [2.75, 3.05) is 7.11 Å². The molecule has 3 aliphatic rings. The van der Waals surface area contributed by atoms with E-state index in [4.69, 9.17) is 4.74 Å². The number of rotatable bonds is 3. The highest BCUT2D eigenvalue weighted by Gasteiger charge is 2.59. The maximum Gasteiger partial charge on any atom is 0.254 e. The van der Waals surface area contributed by atoms with Crippen molar-refractivity contribution in [1.29, 1.82) is 0 Å². The summed E-state index contributed by atoms with van der Waals surface area (Å²) in [6.45, 7) is 0. The number of hydrazone groups is 1. The highest BCUT2D eigenvalue weighted by Crippen LogP contribution is 2.52. The maximum absolute atomic E-state index is 12.5. The highest BCUT2D eigenvalue weighted by atomic mass is 16.5. The second kappa shape index (κ2) is 4.94. The topological polar surface area (TPSA) is 79.2 Å². The SMILES string of the molecule is COc1ccc(O)c(/C=N\N2C(=O)[C@@H]3[C@H](C2=O)[C@H]2C=C[C@H]3C2)c1. The molecule has 1 N–H and O–H groups in total. The lowest BCUT2D eigenvalue weighted by molar-refractivity contribution is -0.140. The van der Waals surface area contributed by atoms with Gasteiger partial charge < -0.3 is 9.84 Å². The van der Waals surface area contributed by atoms with Gasteiger partial charge in [-0.25, -0.2) is 0 Å². The van der Waals surface area contributed by atoms with Crippen molar-refractivity contribution in [3.05, 3.63) is 35.9 Å². The van der Waals surface area contributed by atoms with Crippen LogP contribution in [-0.2, 0) is 9.59 Å². The van der Waals surface area contributed by atoms with E-state index in [2.05, 4.69) is 5.10 Å². The number of fused-ring (bicyclic) bond motifs is 5. The first-order chi connectivity index (χ1) is 11.1. The molecule has 2 amide bonds. The highest BCUT2D eigenvalue weighted by molar-refractivity contribution is 6.06. The summed E-state index contributed by atoms with van der Waals surface area (Å²) in [5, 5.41) is 14.8. The van der Waals surface area contributed by atoms with E-state index in [1.54, 1.807) is 12.1 Å². The van der Waals surface area contributed by atoms with Gasteiger partial charge in [0.15, 0.2) is 0 Å². The number of hydrogen-bond donors (Lipinski definition) is 1. The Morgan fingerprint density at radius 2 is 1.87 bits per heavy atom. The van der Waals surface area contributed by atoms with Gasteiger partial charge in [-0.1, -0.05) is 12.2 Å².